The van der Waals surface area contributed by atoms with E-state index >= 15 is 0 Å². The highest BCUT2D eigenvalue weighted by Crippen LogP contribution is 2.24. The molecule has 0 aromatic heterocycles. The molecule has 0 amide bonds. The van der Waals surface area contributed by atoms with Gasteiger partial charge in [0.25, 0.3) is 0 Å². The predicted octanol–water partition coefficient (Wildman–Crippen LogP) is 3.54. The van der Waals surface area contributed by atoms with Crippen molar-refractivity contribution >= 4 is 33.2 Å². The summed E-state index contributed by atoms with van der Waals surface area (Å²) < 4.78 is 25.8. The number of halogens is 2. The van der Waals surface area contributed by atoms with Crippen molar-refractivity contribution in [3.63, 3.8) is 0 Å². The molecule has 0 aliphatic carbocycles. The second kappa shape index (κ2) is 6.93. The van der Waals surface area contributed by atoms with Gasteiger partial charge in [0.2, 0.25) is 10.0 Å². The normalized spacial score (nSPS) is 15.5. The predicted molar refractivity (Wildman–Crippen MR) is 81.3 cm³/mol. The van der Waals surface area contributed by atoms with Crippen molar-refractivity contribution in [3.05, 3.63) is 34.9 Å². The van der Waals surface area contributed by atoms with Crippen molar-refractivity contribution in [2.24, 2.45) is 5.92 Å². The van der Waals surface area contributed by atoms with E-state index in [-0.39, 0.29) is 17.7 Å². The molecule has 0 radical (unpaired) electrons. The maximum Gasteiger partial charge on any atom is 0.214 e. The number of sulfonamides is 1. The molecule has 0 heterocycles. The van der Waals surface area contributed by atoms with E-state index in [0.717, 1.165) is 5.56 Å². The van der Waals surface area contributed by atoms with E-state index in [1.54, 1.807) is 19.2 Å². The summed E-state index contributed by atoms with van der Waals surface area (Å²) in [6.07, 6.45) is 0. The molecule has 2 unspecified atom stereocenters. The van der Waals surface area contributed by atoms with Crippen LogP contribution in [0.3, 0.4) is 0 Å². The molecule has 0 spiro atoms. The van der Waals surface area contributed by atoms with E-state index in [9.17, 15) is 8.42 Å². The Bertz CT molecular complexity index is 502. The molecule has 1 rings (SSSR count). The lowest BCUT2D eigenvalue weighted by atomic mass is 10.1. The van der Waals surface area contributed by atoms with Gasteiger partial charge in [0.05, 0.1) is 5.75 Å². The van der Waals surface area contributed by atoms with Gasteiger partial charge in [0.1, 0.15) is 0 Å². The van der Waals surface area contributed by atoms with Crippen LogP contribution in [0, 0.1) is 5.92 Å². The second-order valence-electron chi connectivity index (χ2n) is 4.78. The van der Waals surface area contributed by atoms with Gasteiger partial charge < -0.3 is 0 Å². The van der Waals surface area contributed by atoms with Crippen LogP contribution in [0.4, 0.5) is 0 Å². The van der Waals surface area contributed by atoms with Crippen LogP contribution in [0.15, 0.2) is 24.3 Å². The lowest BCUT2D eigenvalue weighted by molar-refractivity contribution is 0.395. The molecule has 6 heteroatoms. The van der Waals surface area contributed by atoms with Crippen LogP contribution >= 0.6 is 23.2 Å². The summed E-state index contributed by atoms with van der Waals surface area (Å²) in [4.78, 5) is 0. The quantitative estimate of drug-likeness (QED) is 0.751. The number of nitrogens with zero attached hydrogens (tertiary/aromatic N) is 1. The second-order valence-corrected chi connectivity index (χ2v) is 7.60. The summed E-state index contributed by atoms with van der Waals surface area (Å²) in [5.74, 6) is 0.333. The van der Waals surface area contributed by atoms with E-state index in [1.807, 2.05) is 26.0 Å². The van der Waals surface area contributed by atoms with E-state index < -0.39 is 10.0 Å². The van der Waals surface area contributed by atoms with Crippen LogP contribution in [0.5, 0.6) is 0 Å². The van der Waals surface area contributed by atoms with E-state index in [1.165, 1.54) is 4.31 Å². The number of rotatable bonds is 6. The van der Waals surface area contributed by atoms with Crippen molar-refractivity contribution < 1.29 is 8.42 Å². The molecular weight excluding hydrogens is 305 g/mol. The molecular formula is C13H19Cl2NO2S. The first kappa shape index (κ1) is 16.8. The van der Waals surface area contributed by atoms with Gasteiger partial charge >= 0.3 is 0 Å². The number of benzene rings is 1. The van der Waals surface area contributed by atoms with Crippen LogP contribution in [-0.2, 0) is 10.0 Å². The van der Waals surface area contributed by atoms with Gasteiger partial charge in [-0.3, -0.25) is 0 Å². The van der Waals surface area contributed by atoms with E-state index in [4.69, 9.17) is 23.2 Å². The zero-order valence-corrected chi connectivity index (χ0v) is 13.6. The maximum absolute atomic E-state index is 12.2. The molecule has 2 atom stereocenters. The van der Waals surface area contributed by atoms with Gasteiger partial charge in [-0.1, -0.05) is 30.7 Å². The zero-order valence-electron chi connectivity index (χ0n) is 11.3. The van der Waals surface area contributed by atoms with Crippen LogP contribution < -0.4 is 0 Å². The Hall–Kier alpha value is -0.290. The van der Waals surface area contributed by atoms with E-state index in [0.29, 0.717) is 10.9 Å². The van der Waals surface area contributed by atoms with Crippen molar-refractivity contribution in [3.8, 4) is 0 Å². The van der Waals surface area contributed by atoms with Crippen molar-refractivity contribution in [1.29, 1.82) is 0 Å². The van der Waals surface area contributed by atoms with Gasteiger partial charge in [0, 0.05) is 24.0 Å². The summed E-state index contributed by atoms with van der Waals surface area (Å²) in [5.41, 5.74) is 0.911. The van der Waals surface area contributed by atoms with Crippen LogP contribution in [-0.4, -0.2) is 31.4 Å². The van der Waals surface area contributed by atoms with Crippen LogP contribution in [0.1, 0.15) is 25.5 Å². The van der Waals surface area contributed by atoms with Gasteiger partial charge in [-0.05, 0) is 30.5 Å². The Morgan fingerprint density at radius 2 is 1.74 bits per heavy atom. The standard InChI is InChI=1S/C13H19Cl2NO2S/c1-10(8-14)9-19(17,18)16(3)11(2)12-4-6-13(15)7-5-12/h4-7,10-11H,8-9H2,1-3H3. The van der Waals surface area contributed by atoms with Crippen molar-refractivity contribution in [2.45, 2.75) is 19.9 Å². The summed E-state index contributed by atoms with van der Waals surface area (Å²) in [7, 11) is -1.72. The third-order valence-corrected chi connectivity index (χ3v) is 6.06. The highest BCUT2D eigenvalue weighted by Gasteiger charge is 2.25. The summed E-state index contributed by atoms with van der Waals surface area (Å²) in [6, 6.07) is 6.96. The Morgan fingerprint density at radius 3 is 2.21 bits per heavy atom. The Balaban J connectivity index is 2.87. The molecule has 108 valence electrons. The van der Waals surface area contributed by atoms with E-state index in [2.05, 4.69) is 0 Å². The van der Waals surface area contributed by atoms with Crippen LogP contribution in [0.25, 0.3) is 0 Å². The average molecular weight is 324 g/mol. The molecule has 3 nitrogen and oxygen atoms in total. The monoisotopic (exact) mass is 323 g/mol. The first-order valence-electron chi connectivity index (χ1n) is 6.05. The SMILES string of the molecule is CC(CCl)CS(=O)(=O)N(C)C(C)c1ccc(Cl)cc1. The molecule has 19 heavy (non-hydrogen) atoms. The minimum Gasteiger partial charge on any atom is -0.212 e. The molecule has 0 saturated heterocycles. The fourth-order valence-corrected chi connectivity index (χ4v) is 3.75. The Kier molecular flexibility index (Phi) is 6.12. The molecule has 1 aromatic carbocycles. The first-order chi connectivity index (χ1) is 8.77. The van der Waals surface area contributed by atoms with Gasteiger partial charge in [-0.25, -0.2) is 8.42 Å². The zero-order chi connectivity index (χ0) is 14.6. The molecule has 0 N–H and O–H groups in total. The molecule has 0 fully saturated rings. The minimum absolute atomic E-state index is 0.0604. The summed E-state index contributed by atoms with van der Waals surface area (Å²) >= 11 is 11.5. The fourth-order valence-electron chi connectivity index (χ4n) is 1.71. The highest BCUT2D eigenvalue weighted by atomic mass is 35.5. The molecule has 0 saturated carbocycles. The average Bonchev–Trinajstić information content (AvgIpc) is 2.37. The lowest BCUT2D eigenvalue weighted by Gasteiger charge is -2.25. The smallest absolute Gasteiger partial charge is 0.212 e. The minimum atomic E-state index is -3.31. The van der Waals surface area contributed by atoms with Crippen molar-refractivity contribution in [2.75, 3.05) is 18.7 Å². The molecule has 0 bridgehead atoms. The molecule has 0 aliphatic rings. The Labute approximate surface area is 125 Å². The third kappa shape index (κ3) is 4.63. The van der Waals surface area contributed by atoms with Gasteiger partial charge in [0.15, 0.2) is 0 Å². The summed E-state index contributed by atoms with van der Waals surface area (Å²) in [6.45, 7) is 3.68. The molecule has 0 aliphatic heterocycles. The Morgan fingerprint density at radius 1 is 1.21 bits per heavy atom. The lowest BCUT2D eigenvalue weighted by Crippen LogP contribution is -2.34. The summed E-state index contributed by atoms with van der Waals surface area (Å²) in [5, 5.41) is 0.636. The topological polar surface area (TPSA) is 37.4 Å². The number of hydrogen-bond acceptors (Lipinski definition) is 2. The van der Waals surface area contributed by atoms with Crippen molar-refractivity contribution in [1.82, 2.24) is 4.31 Å². The maximum atomic E-state index is 12.2. The van der Waals surface area contributed by atoms with Gasteiger partial charge in [-0.15, -0.1) is 11.6 Å². The first-order valence-corrected chi connectivity index (χ1v) is 8.57. The van der Waals surface area contributed by atoms with Gasteiger partial charge in [-0.2, -0.15) is 4.31 Å². The number of alkyl halides is 1. The number of hydrogen-bond donors (Lipinski definition) is 0. The molecule has 1 aromatic rings. The fraction of sp³-hybridized carbons (Fsp3) is 0.538. The highest BCUT2D eigenvalue weighted by molar-refractivity contribution is 7.89. The third-order valence-electron chi connectivity index (χ3n) is 3.10. The van der Waals surface area contributed by atoms with Crippen LogP contribution in [0.2, 0.25) is 5.02 Å². The largest absolute Gasteiger partial charge is 0.214 e.